The van der Waals surface area contributed by atoms with Crippen molar-refractivity contribution in [2.24, 2.45) is 0 Å². The molecule has 11 heavy (non-hydrogen) atoms. The Bertz CT molecular complexity index is 387. The van der Waals surface area contributed by atoms with Crippen LogP contribution in [0.4, 0.5) is 0 Å². The molecule has 2 heteroatoms. The van der Waals surface area contributed by atoms with E-state index in [1.54, 1.807) is 6.08 Å². The van der Waals surface area contributed by atoms with E-state index in [4.69, 9.17) is 0 Å². The lowest BCUT2D eigenvalue weighted by molar-refractivity contribution is 1.11. The van der Waals surface area contributed by atoms with Crippen LogP contribution in [-0.2, 0) is 0 Å². The van der Waals surface area contributed by atoms with Crippen LogP contribution in [-0.4, -0.2) is 10.2 Å². The van der Waals surface area contributed by atoms with Crippen LogP contribution in [0.3, 0.4) is 0 Å². The molecule has 2 rings (SSSR count). The molecule has 1 aromatic carbocycles. The number of aromatic amines is 1. The molecule has 0 amide bonds. The van der Waals surface area contributed by atoms with Crippen LogP contribution in [0.1, 0.15) is 5.69 Å². The lowest BCUT2D eigenvalue weighted by Gasteiger charge is -1.85. The highest BCUT2D eigenvalue weighted by Gasteiger charge is 1.98. The van der Waals surface area contributed by atoms with Gasteiger partial charge in [0.05, 0.1) is 11.2 Å². The number of nitrogens with zero attached hydrogens (tertiary/aromatic N) is 1. The van der Waals surface area contributed by atoms with Gasteiger partial charge in [0.2, 0.25) is 0 Å². The highest BCUT2D eigenvalue weighted by atomic mass is 15.1. The van der Waals surface area contributed by atoms with Crippen molar-refractivity contribution in [2.45, 2.75) is 0 Å². The Balaban J connectivity index is 2.86. The molecule has 0 aliphatic heterocycles. The standard InChI is InChI=1S/C9H7N2/c1-2-8-7-5-3-4-6-9(7)11-10-8/h2,4-6H,1H2,(H,10,11). The van der Waals surface area contributed by atoms with Crippen molar-refractivity contribution in [3.8, 4) is 0 Å². The highest BCUT2D eigenvalue weighted by Crippen LogP contribution is 2.14. The first-order valence-corrected chi connectivity index (χ1v) is 3.38. The van der Waals surface area contributed by atoms with Gasteiger partial charge in [-0.15, -0.1) is 0 Å². The lowest BCUT2D eigenvalue weighted by Crippen LogP contribution is -1.68. The molecule has 53 valence electrons. The molecule has 1 heterocycles. The van der Waals surface area contributed by atoms with Crippen molar-refractivity contribution in [3.63, 3.8) is 0 Å². The van der Waals surface area contributed by atoms with Crippen molar-refractivity contribution in [1.82, 2.24) is 10.2 Å². The molecule has 2 nitrogen and oxygen atoms in total. The summed E-state index contributed by atoms with van der Waals surface area (Å²) in [6, 6.07) is 8.68. The Kier molecular flexibility index (Phi) is 1.25. The minimum Gasteiger partial charge on any atom is -0.277 e. The number of hydrogen-bond donors (Lipinski definition) is 1. The summed E-state index contributed by atoms with van der Waals surface area (Å²) in [6.07, 6.45) is 1.73. The molecule has 1 N–H and O–H groups in total. The van der Waals surface area contributed by atoms with Gasteiger partial charge < -0.3 is 0 Å². The zero-order valence-corrected chi connectivity index (χ0v) is 5.96. The van der Waals surface area contributed by atoms with Crippen LogP contribution in [0.5, 0.6) is 0 Å². The van der Waals surface area contributed by atoms with E-state index in [0.717, 1.165) is 16.6 Å². The van der Waals surface area contributed by atoms with E-state index in [1.165, 1.54) is 0 Å². The van der Waals surface area contributed by atoms with Crippen LogP contribution in [0, 0.1) is 6.07 Å². The first-order chi connectivity index (χ1) is 5.42. The van der Waals surface area contributed by atoms with Crippen LogP contribution < -0.4 is 0 Å². The minimum atomic E-state index is 0.886. The first kappa shape index (κ1) is 6.16. The Labute approximate surface area is 64.6 Å². The molecule has 2 aromatic rings. The zero-order chi connectivity index (χ0) is 7.68. The molecule has 1 aromatic heterocycles. The molecule has 0 spiro atoms. The van der Waals surface area contributed by atoms with Gasteiger partial charge in [-0.3, -0.25) is 5.10 Å². The quantitative estimate of drug-likeness (QED) is 0.649. The average molecular weight is 143 g/mol. The predicted octanol–water partition coefficient (Wildman–Crippen LogP) is 2.01. The molecule has 0 aliphatic rings. The average Bonchev–Trinajstić information content (AvgIpc) is 2.47. The third kappa shape index (κ3) is 0.835. The smallest absolute Gasteiger partial charge is 0.0921 e. The summed E-state index contributed by atoms with van der Waals surface area (Å²) < 4.78 is 0. The molecule has 0 saturated carbocycles. The normalized spacial score (nSPS) is 10.2. The fraction of sp³-hybridized carbons (Fsp3) is 0. The van der Waals surface area contributed by atoms with Crippen LogP contribution in [0.25, 0.3) is 17.0 Å². The Hall–Kier alpha value is -1.57. The van der Waals surface area contributed by atoms with Crippen molar-refractivity contribution in [1.29, 1.82) is 0 Å². The SMILES string of the molecule is C=Cc1n[nH]c2cc[c]cc12. The largest absolute Gasteiger partial charge is 0.277 e. The molecule has 0 atom stereocenters. The highest BCUT2D eigenvalue weighted by molar-refractivity contribution is 5.85. The van der Waals surface area contributed by atoms with E-state index in [9.17, 15) is 0 Å². The van der Waals surface area contributed by atoms with E-state index < -0.39 is 0 Å². The minimum absolute atomic E-state index is 0.886. The maximum atomic E-state index is 4.05. The summed E-state index contributed by atoms with van der Waals surface area (Å²) in [4.78, 5) is 0. The van der Waals surface area contributed by atoms with Crippen molar-refractivity contribution >= 4 is 17.0 Å². The molecule has 0 saturated heterocycles. The Morgan fingerprint density at radius 2 is 2.55 bits per heavy atom. The van der Waals surface area contributed by atoms with E-state index >= 15 is 0 Å². The van der Waals surface area contributed by atoms with Crippen LogP contribution in [0.2, 0.25) is 0 Å². The summed E-state index contributed by atoms with van der Waals surface area (Å²) in [5, 5.41) is 8.02. The van der Waals surface area contributed by atoms with Crippen molar-refractivity contribution in [3.05, 3.63) is 36.5 Å². The second-order valence-electron chi connectivity index (χ2n) is 2.28. The number of fused-ring (bicyclic) bond motifs is 1. The van der Waals surface area contributed by atoms with Gasteiger partial charge in [-0.2, -0.15) is 5.10 Å². The number of H-pyrrole nitrogens is 1. The van der Waals surface area contributed by atoms with Gasteiger partial charge in [-0.05, 0) is 24.3 Å². The second-order valence-corrected chi connectivity index (χ2v) is 2.28. The fourth-order valence-electron chi connectivity index (χ4n) is 1.08. The molecular formula is C9H7N2. The topological polar surface area (TPSA) is 28.7 Å². The maximum Gasteiger partial charge on any atom is 0.0921 e. The zero-order valence-electron chi connectivity index (χ0n) is 5.96. The maximum absolute atomic E-state index is 4.05. The summed E-state index contributed by atoms with van der Waals surface area (Å²) in [5.41, 5.74) is 1.91. The monoisotopic (exact) mass is 143 g/mol. The summed E-state index contributed by atoms with van der Waals surface area (Å²) >= 11 is 0. The van der Waals surface area contributed by atoms with Crippen molar-refractivity contribution in [2.75, 3.05) is 0 Å². The number of rotatable bonds is 1. The fourth-order valence-corrected chi connectivity index (χ4v) is 1.08. The summed E-state index contributed by atoms with van der Waals surface area (Å²) in [7, 11) is 0. The summed E-state index contributed by atoms with van der Waals surface area (Å²) in [6.45, 7) is 3.66. The molecular weight excluding hydrogens is 136 g/mol. The molecule has 1 radical (unpaired) electrons. The van der Waals surface area contributed by atoms with Gasteiger partial charge in [0.25, 0.3) is 0 Å². The van der Waals surface area contributed by atoms with Gasteiger partial charge in [-0.1, -0.05) is 12.6 Å². The molecule has 0 unspecified atom stereocenters. The number of hydrogen-bond acceptors (Lipinski definition) is 1. The second kappa shape index (κ2) is 2.23. The van der Waals surface area contributed by atoms with Gasteiger partial charge in [0.1, 0.15) is 0 Å². The predicted molar refractivity (Wildman–Crippen MR) is 45.0 cm³/mol. The van der Waals surface area contributed by atoms with Gasteiger partial charge in [0.15, 0.2) is 0 Å². The molecule has 0 aliphatic carbocycles. The number of benzene rings is 1. The van der Waals surface area contributed by atoms with E-state index in [0.29, 0.717) is 0 Å². The number of aromatic nitrogens is 2. The first-order valence-electron chi connectivity index (χ1n) is 3.38. The number of nitrogens with one attached hydrogen (secondary N) is 1. The Morgan fingerprint density at radius 1 is 1.64 bits per heavy atom. The van der Waals surface area contributed by atoms with Crippen LogP contribution >= 0.6 is 0 Å². The molecule has 0 fully saturated rings. The van der Waals surface area contributed by atoms with E-state index in [-0.39, 0.29) is 0 Å². The molecule has 0 bridgehead atoms. The van der Waals surface area contributed by atoms with E-state index in [2.05, 4.69) is 22.8 Å². The Morgan fingerprint density at radius 3 is 3.36 bits per heavy atom. The lowest BCUT2D eigenvalue weighted by atomic mass is 10.2. The van der Waals surface area contributed by atoms with Gasteiger partial charge >= 0.3 is 0 Å². The van der Waals surface area contributed by atoms with Gasteiger partial charge in [0, 0.05) is 5.39 Å². The van der Waals surface area contributed by atoms with Crippen LogP contribution in [0.15, 0.2) is 24.8 Å². The summed E-state index contributed by atoms with van der Waals surface area (Å²) in [5.74, 6) is 0. The van der Waals surface area contributed by atoms with Crippen molar-refractivity contribution < 1.29 is 0 Å². The third-order valence-electron chi connectivity index (χ3n) is 1.63. The third-order valence-corrected chi connectivity index (χ3v) is 1.63. The van der Waals surface area contributed by atoms with Gasteiger partial charge in [-0.25, -0.2) is 0 Å². The van der Waals surface area contributed by atoms with E-state index in [1.807, 2.05) is 18.2 Å².